The average Bonchev–Trinajstić information content (AvgIpc) is 2.69. The van der Waals surface area contributed by atoms with Gasteiger partial charge in [0.15, 0.2) is 0 Å². The lowest BCUT2D eigenvalue weighted by Gasteiger charge is -2.07. The first-order chi connectivity index (χ1) is 13.4. The largest absolute Gasteiger partial charge is 0.323 e. The van der Waals surface area contributed by atoms with Crippen LogP contribution in [-0.4, -0.2) is 19.3 Å². The number of rotatable bonds is 5. The van der Waals surface area contributed by atoms with Gasteiger partial charge in [-0.15, -0.1) is 0 Å². The smallest absolute Gasteiger partial charge is 0.248 e. The first-order valence-corrected chi connectivity index (χ1v) is 10.3. The van der Waals surface area contributed by atoms with E-state index in [1.54, 1.807) is 24.5 Å². The minimum Gasteiger partial charge on any atom is -0.323 e. The Morgan fingerprint density at radius 3 is 2.32 bits per heavy atom. The molecular weight excluding hydrogens is 419 g/mol. The molecule has 0 fully saturated rings. The Hall–Kier alpha value is -2.67. The first kappa shape index (κ1) is 20.1. The second-order valence-corrected chi connectivity index (χ2v) is 8.48. The number of sulfone groups is 1. The molecule has 0 bridgehead atoms. The van der Waals surface area contributed by atoms with Crippen LogP contribution in [0, 0.1) is 0 Å². The van der Waals surface area contributed by atoms with Crippen molar-refractivity contribution in [3.05, 3.63) is 88.7 Å². The standard InChI is InChI=1S/C20H14Cl2N2O3S/c21-18-9-8-17(12-19(18)22)28(26,27)16-6-4-15(5-7-16)24-20(25)10-3-14-2-1-11-23-13-14/h1-13H,(H,24,25)/b10-3+. The van der Waals surface area contributed by atoms with Crippen LogP contribution in [0.5, 0.6) is 0 Å². The molecule has 0 saturated carbocycles. The number of halogens is 2. The van der Waals surface area contributed by atoms with Crippen molar-refractivity contribution in [3.63, 3.8) is 0 Å². The molecule has 2 aromatic carbocycles. The zero-order chi connectivity index (χ0) is 20.1. The fourth-order valence-corrected chi connectivity index (χ4v) is 3.98. The molecule has 1 N–H and O–H groups in total. The van der Waals surface area contributed by atoms with Crippen molar-refractivity contribution in [1.82, 2.24) is 4.98 Å². The van der Waals surface area contributed by atoms with Crippen molar-refractivity contribution < 1.29 is 13.2 Å². The average molecular weight is 433 g/mol. The maximum Gasteiger partial charge on any atom is 0.248 e. The molecule has 1 heterocycles. The van der Waals surface area contributed by atoms with Crippen molar-refractivity contribution in [1.29, 1.82) is 0 Å². The number of anilines is 1. The highest BCUT2D eigenvalue weighted by Crippen LogP contribution is 2.28. The molecule has 8 heteroatoms. The molecular formula is C20H14Cl2N2O3S. The highest BCUT2D eigenvalue weighted by Gasteiger charge is 2.18. The predicted octanol–water partition coefficient (Wildman–Crippen LogP) is 4.87. The number of carbonyl (C=O) groups is 1. The van der Waals surface area contributed by atoms with Crippen LogP contribution in [0.2, 0.25) is 10.0 Å². The molecule has 3 rings (SSSR count). The van der Waals surface area contributed by atoms with Crippen LogP contribution in [0.25, 0.3) is 6.08 Å². The minimum absolute atomic E-state index is 0.0399. The Morgan fingerprint density at radius 1 is 0.964 bits per heavy atom. The SMILES string of the molecule is O=C(/C=C/c1cccnc1)Nc1ccc(S(=O)(=O)c2ccc(Cl)c(Cl)c2)cc1. The molecule has 1 amide bonds. The molecule has 0 spiro atoms. The van der Waals surface area contributed by atoms with Gasteiger partial charge in [-0.05, 0) is 60.2 Å². The summed E-state index contributed by atoms with van der Waals surface area (Å²) < 4.78 is 25.4. The van der Waals surface area contributed by atoms with Gasteiger partial charge in [0.2, 0.25) is 15.7 Å². The van der Waals surface area contributed by atoms with Crippen molar-refractivity contribution >= 4 is 50.7 Å². The number of carbonyl (C=O) groups excluding carboxylic acids is 1. The van der Waals surface area contributed by atoms with E-state index in [4.69, 9.17) is 23.2 Å². The van der Waals surface area contributed by atoms with Gasteiger partial charge in [-0.1, -0.05) is 29.3 Å². The Balaban J connectivity index is 1.73. The Bertz CT molecular complexity index is 1130. The van der Waals surface area contributed by atoms with Crippen LogP contribution in [0.3, 0.4) is 0 Å². The third-order valence-electron chi connectivity index (χ3n) is 3.75. The van der Waals surface area contributed by atoms with E-state index in [0.717, 1.165) is 5.56 Å². The van der Waals surface area contributed by atoms with E-state index in [1.807, 2.05) is 6.07 Å². The van der Waals surface area contributed by atoms with Gasteiger partial charge in [-0.2, -0.15) is 0 Å². The molecule has 0 saturated heterocycles. The van der Waals surface area contributed by atoms with Crippen molar-refractivity contribution in [2.45, 2.75) is 9.79 Å². The van der Waals surface area contributed by atoms with E-state index in [9.17, 15) is 13.2 Å². The van der Waals surface area contributed by atoms with E-state index >= 15 is 0 Å². The number of pyridine rings is 1. The molecule has 142 valence electrons. The van der Waals surface area contributed by atoms with Crippen LogP contribution >= 0.6 is 23.2 Å². The Labute approximate surface area is 172 Å². The molecule has 0 atom stereocenters. The summed E-state index contributed by atoms with van der Waals surface area (Å²) in [5.41, 5.74) is 1.26. The van der Waals surface area contributed by atoms with E-state index in [2.05, 4.69) is 10.3 Å². The van der Waals surface area contributed by atoms with Gasteiger partial charge in [-0.25, -0.2) is 8.42 Å². The van der Waals surface area contributed by atoms with Gasteiger partial charge in [-0.3, -0.25) is 9.78 Å². The highest BCUT2D eigenvalue weighted by atomic mass is 35.5. The Morgan fingerprint density at radius 2 is 1.68 bits per heavy atom. The number of amides is 1. The number of hydrogen-bond donors (Lipinski definition) is 1. The number of aromatic nitrogens is 1. The third kappa shape index (κ3) is 4.78. The maximum atomic E-state index is 12.7. The summed E-state index contributed by atoms with van der Waals surface area (Å²) in [5.74, 6) is -0.344. The molecule has 0 radical (unpaired) electrons. The second-order valence-electron chi connectivity index (χ2n) is 5.71. The maximum absolute atomic E-state index is 12.7. The number of benzene rings is 2. The van der Waals surface area contributed by atoms with E-state index < -0.39 is 9.84 Å². The minimum atomic E-state index is -3.75. The lowest BCUT2D eigenvalue weighted by molar-refractivity contribution is -0.111. The summed E-state index contributed by atoms with van der Waals surface area (Å²) in [6.45, 7) is 0. The monoisotopic (exact) mass is 432 g/mol. The summed E-state index contributed by atoms with van der Waals surface area (Å²) in [5, 5.41) is 3.10. The lowest BCUT2D eigenvalue weighted by Crippen LogP contribution is -2.08. The summed E-state index contributed by atoms with van der Waals surface area (Å²) in [6.07, 6.45) is 6.28. The topological polar surface area (TPSA) is 76.1 Å². The van der Waals surface area contributed by atoms with Crippen molar-refractivity contribution in [3.8, 4) is 0 Å². The molecule has 0 aliphatic heterocycles. The second kappa shape index (κ2) is 8.56. The van der Waals surface area contributed by atoms with Gasteiger partial charge < -0.3 is 5.32 Å². The van der Waals surface area contributed by atoms with E-state index in [1.165, 1.54) is 48.5 Å². The third-order valence-corrected chi connectivity index (χ3v) is 6.25. The Kier molecular flexibility index (Phi) is 6.14. The zero-order valence-corrected chi connectivity index (χ0v) is 16.7. The quantitative estimate of drug-likeness (QED) is 0.583. The van der Waals surface area contributed by atoms with Gasteiger partial charge in [0.05, 0.1) is 19.8 Å². The number of nitrogens with one attached hydrogen (secondary N) is 1. The summed E-state index contributed by atoms with van der Waals surface area (Å²) in [7, 11) is -3.75. The first-order valence-electron chi connectivity index (χ1n) is 8.05. The van der Waals surface area contributed by atoms with Gasteiger partial charge >= 0.3 is 0 Å². The highest BCUT2D eigenvalue weighted by molar-refractivity contribution is 7.91. The van der Waals surface area contributed by atoms with Crippen LogP contribution < -0.4 is 5.32 Å². The molecule has 0 unspecified atom stereocenters. The lowest BCUT2D eigenvalue weighted by atomic mass is 10.2. The summed E-state index contributed by atoms with van der Waals surface area (Å²) in [6, 6.07) is 13.6. The number of hydrogen-bond acceptors (Lipinski definition) is 4. The fourth-order valence-electron chi connectivity index (χ4n) is 2.33. The van der Waals surface area contributed by atoms with Crippen LogP contribution in [0.4, 0.5) is 5.69 Å². The molecule has 1 aromatic heterocycles. The zero-order valence-electron chi connectivity index (χ0n) is 14.3. The van der Waals surface area contributed by atoms with Crippen LogP contribution in [0.1, 0.15) is 5.56 Å². The molecule has 5 nitrogen and oxygen atoms in total. The van der Waals surface area contributed by atoms with E-state index in [0.29, 0.717) is 5.69 Å². The van der Waals surface area contributed by atoms with Gasteiger partial charge in [0.1, 0.15) is 0 Å². The van der Waals surface area contributed by atoms with Gasteiger partial charge in [0.25, 0.3) is 0 Å². The fraction of sp³-hybridized carbons (Fsp3) is 0. The predicted molar refractivity (Wildman–Crippen MR) is 110 cm³/mol. The molecule has 3 aromatic rings. The summed E-state index contributed by atoms with van der Waals surface area (Å²) >= 11 is 11.7. The van der Waals surface area contributed by atoms with Gasteiger partial charge in [0, 0.05) is 24.2 Å². The van der Waals surface area contributed by atoms with E-state index in [-0.39, 0.29) is 25.7 Å². The van der Waals surface area contributed by atoms with Crippen molar-refractivity contribution in [2.75, 3.05) is 5.32 Å². The van der Waals surface area contributed by atoms with Crippen LogP contribution in [-0.2, 0) is 14.6 Å². The molecule has 0 aliphatic carbocycles. The van der Waals surface area contributed by atoms with Crippen molar-refractivity contribution in [2.24, 2.45) is 0 Å². The normalized spacial score (nSPS) is 11.5. The molecule has 28 heavy (non-hydrogen) atoms. The molecule has 0 aliphatic rings. The van der Waals surface area contributed by atoms with Crippen LogP contribution in [0.15, 0.2) is 82.9 Å². The number of nitrogens with zero attached hydrogens (tertiary/aromatic N) is 1. The summed E-state index contributed by atoms with van der Waals surface area (Å²) in [4.78, 5) is 16.1.